The molecule has 10 aromatic carbocycles. The van der Waals surface area contributed by atoms with Crippen LogP contribution in [0.5, 0.6) is 0 Å². The van der Waals surface area contributed by atoms with Crippen molar-refractivity contribution < 1.29 is 0 Å². The van der Waals surface area contributed by atoms with Crippen LogP contribution in [0.15, 0.2) is 249 Å². The highest BCUT2D eigenvalue weighted by molar-refractivity contribution is 6.10. The summed E-state index contributed by atoms with van der Waals surface area (Å²) in [4.78, 5) is 2.47. The Hall–Kier alpha value is -8.40. The molecular weight excluding hydrogens is 775 g/mol. The Morgan fingerprint density at radius 1 is 0.297 bits per heavy atom. The third-order valence-electron chi connectivity index (χ3n) is 13.6. The van der Waals surface area contributed by atoms with E-state index in [2.05, 4.69) is 263 Å². The first-order valence-electron chi connectivity index (χ1n) is 22.1. The Bertz CT molecular complexity index is 3410. The van der Waals surface area contributed by atoms with Crippen molar-refractivity contribution in [2.75, 3.05) is 4.90 Å². The molecule has 0 N–H and O–H groups in total. The summed E-state index contributed by atoms with van der Waals surface area (Å²) in [6.07, 6.45) is 0. The van der Waals surface area contributed by atoms with E-state index in [-0.39, 0.29) is 0 Å². The van der Waals surface area contributed by atoms with Gasteiger partial charge in [0, 0.05) is 49.9 Å². The Labute approximate surface area is 372 Å². The first kappa shape index (κ1) is 36.3. The summed E-state index contributed by atoms with van der Waals surface area (Å²) in [6.45, 7) is 0. The number of nitrogens with zero attached hydrogens (tertiary/aromatic N) is 3. The summed E-state index contributed by atoms with van der Waals surface area (Å²) in [6, 6.07) is 91.3. The van der Waals surface area contributed by atoms with E-state index in [0.717, 1.165) is 28.4 Å². The standard InChI is InChI=1S/C61H41N3/c1-3-18-42(19-4-1)61(43-20-5-2-6-21-43)53-27-12-7-26-52(53)60-54(61)28-17-33-59(60)62(44-34-38-46(39-35-44)63-55-29-13-8-22-48(55)49-23-9-14-30-56(49)63)45-36-40-47(41-37-45)64-57-31-15-10-24-50(57)51-25-11-16-32-58(51)64/h1-41H. The maximum absolute atomic E-state index is 2.47. The lowest BCUT2D eigenvalue weighted by atomic mass is 9.68. The van der Waals surface area contributed by atoms with Crippen LogP contribution in [0.2, 0.25) is 0 Å². The quantitative estimate of drug-likeness (QED) is 0.156. The first-order valence-corrected chi connectivity index (χ1v) is 22.1. The van der Waals surface area contributed by atoms with Crippen LogP contribution in [0.1, 0.15) is 22.3 Å². The van der Waals surface area contributed by atoms with Crippen molar-refractivity contribution in [1.29, 1.82) is 0 Å². The van der Waals surface area contributed by atoms with E-state index in [0.29, 0.717) is 0 Å². The third kappa shape index (κ3) is 5.22. The average molecular weight is 816 g/mol. The smallest absolute Gasteiger partial charge is 0.0714 e. The van der Waals surface area contributed by atoms with Crippen molar-refractivity contribution in [2.24, 2.45) is 0 Å². The minimum absolute atomic E-state index is 0.517. The van der Waals surface area contributed by atoms with Gasteiger partial charge in [-0.3, -0.25) is 0 Å². The molecule has 0 saturated carbocycles. The lowest BCUT2D eigenvalue weighted by Crippen LogP contribution is -2.28. The molecule has 12 aromatic rings. The van der Waals surface area contributed by atoms with Crippen molar-refractivity contribution in [3.63, 3.8) is 0 Å². The van der Waals surface area contributed by atoms with Gasteiger partial charge in [0.2, 0.25) is 0 Å². The SMILES string of the molecule is c1ccc(C2(c3ccccc3)c3ccccc3-c3c(N(c4ccc(-n5c6ccccc6c6ccccc65)cc4)c4ccc(-n5c6ccccc6c6ccccc65)cc4)cccc32)cc1. The number of hydrogen-bond acceptors (Lipinski definition) is 1. The van der Waals surface area contributed by atoms with E-state index in [4.69, 9.17) is 0 Å². The van der Waals surface area contributed by atoms with Gasteiger partial charge in [0.15, 0.2) is 0 Å². The Morgan fingerprint density at radius 2 is 0.672 bits per heavy atom. The van der Waals surface area contributed by atoms with E-state index < -0.39 is 5.41 Å². The number of para-hydroxylation sites is 4. The zero-order chi connectivity index (χ0) is 42.2. The molecule has 0 spiro atoms. The number of benzene rings is 10. The predicted octanol–water partition coefficient (Wildman–Crippen LogP) is 15.7. The van der Waals surface area contributed by atoms with Gasteiger partial charge in [-0.15, -0.1) is 0 Å². The lowest BCUT2D eigenvalue weighted by molar-refractivity contribution is 0.768. The minimum Gasteiger partial charge on any atom is -0.310 e. The van der Waals surface area contributed by atoms with Gasteiger partial charge < -0.3 is 14.0 Å². The highest BCUT2D eigenvalue weighted by atomic mass is 15.1. The van der Waals surface area contributed by atoms with Crippen molar-refractivity contribution in [3.05, 3.63) is 271 Å². The molecule has 1 aliphatic rings. The predicted molar refractivity (Wildman–Crippen MR) is 267 cm³/mol. The normalized spacial score (nSPS) is 12.8. The summed E-state index contributed by atoms with van der Waals surface area (Å²) < 4.78 is 4.79. The van der Waals surface area contributed by atoms with E-state index in [9.17, 15) is 0 Å². The Balaban J connectivity index is 1.04. The third-order valence-corrected chi connectivity index (χ3v) is 13.6. The fourth-order valence-electron chi connectivity index (χ4n) is 11.0. The molecule has 0 saturated heterocycles. The summed E-state index contributed by atoms with van der Waals surface area (Å²) in [5.41, 5.74) is 17.4. The topological polar surface area (TPSA) is 13.1 Å². The summed E-state index contributed by atoms with van der Waals surface area (Å²) in [7, 11) is 0. The van der Waals surface area contributed by atoms with Gasteiger partial charge in [-0.05, 0) is 107 Å². The largest absolute Gasteiger partial charge is 0.310 e. The van der Waals surface area contributed by atoms with Gasteiger partial charge in [-0.2, -0.15) is 0 Å². The Morgan fingerprint density at radius 3 is 1.12 bits per heavy atom. The maximum Gasteiger partial charge on any atom is 0.0714 e. The van der Waals surface area contributed by atoms with Crippen molar-refractivity contribution in [2.45, 2.75) is 5.41 Å². The molecule has 0 amide bonds. The number of rotatable bonds is 7. The number of fused-ring (bicyclic) bond motifs is 9. The van der Waals surface area contributed by atoms with E-state index >= 15 is 0 Å². The molecule has 0 aliphatic heterocycles. The van der Waals surface area contributed by atoms with E-state index in [1.807, 2.05) is 0 Å². The molecule has 0 radical (unpaired) electrons. The number of hydrogen-bond donors (Lipinski definition) is 0. The molecular formula is C61H41N3. The summed E-state index contributed by atoms with van der Waals surface area (Å²) in [5, 5.41) is 5.02. The van der Waals surface area contributed by atoms with Gasteiger partial charge in [0.25, 0.3) is 0 Å². The molecule has 3 nitrogen and oxygen atoms in total. The van der Waals surface area contributed by atoms with Gasteiger partial charge in [0.1, 0.15) is 0 Å². The molecule has 2 aromatic heterocycles. The second-order valence-corrected chi connectivity index (χ2v) is 16.8. The van der Waals surface area contributed by atoms with Gasteiger partial charge in [0.05, 0.1) is 33.2 Å². The number of anilines is 3. The van der Waals surface area contributed by atoms with Gasteiger partial charge in [-0.1, -0.05) is 170 Å². The highest BCUT2D eigenvalue weighted by Crippen LogP contribution is 2.59. The van der Waals surface area contributed by atoms with E-state index in [1.54, 1.807) is 0 Å². The van der Waals surface area contributed by atoms with Crippen LogP contribution in [0.4, 0.5) is 17.1 Å². The summed E-state index contributed by atoms with van der Waals surface area (Å²) in [5.74, 6) is 0. The molecule has 13 rings (SSSR count). The van der Waals surface area contributed by atoms with Crippen LogP contribution in [-0.2, 0) is 5.41 Å². The molecule has 0 fully saturated rings. The second-order valence-electron chi connectivity index (χ2n) is 16.8. The van der Waals surface area contributed by atoms with Gasteiger partial charge >= 0.3 is 0 Å². The molecule has 0 unspecified atom stereocenters. The van der Waals surface area contributed by atoms with Gasteiger partial charge in [-0.25, -0.2) is 0 Å². The van der Waals surface area contributed by atoms with Crippen LogP contribution >= 0.6 is 0 Å². The van der Waals surface area contributed by atoms with Crippen LogP contribution in [0.3, 0.4) is 0 Å². The molecule has 3 heteroatoms. The molecule has 300 valence electrons. The fraction of sp³-hybridized carbons (Fsp3) is 0.0164. The molecule has 64 heavy (non-hydrogen) atoms. The van der Waals surface area contributed by atoms with Crippen LogP contribution in [0, 0.1) is 0 Å². The average Bonchev–Trinajstić information content (AvgIpc) is 4.00. The molecule has 0 atom stereocenters. The number of aromatic nitrogens is 2. The van der Waals surface area contributed by atoms with E-state index in [1.165, 1.54) is 77.0 Å². The van der Waals surface area contributed by atoms with Crippen molar-refractivity contribution in [3.8, 4) is 22.5 Å². The fourth-order valence-corrected chi connectivity index (χ4v) is 11.0. The first-order chi connectivity index (χ1) is 31.8. The molecule has 2 heterocycles. The minimum atomic E-state index is -0.517. The van der Waals surface area contributed by atoms with Crippen molar-refractivity contribution >= 4 is 60.7 Å². The zero-order valence-corrected chi connectivity index (χ0v) is 35.0. The second kappa shape index (κ2) is 14.3. The van der Waals surface area contributed by atoms with Crippen molar-refractivity contribution in [1.82, 2.24) is 9.13 Å². The van der Waals surface area contributed by atoms with Crippen LogP contribution in [0.25, 0.3) is 66.1 Å². The monoisotopic (exact) mass is 815 g/mol. The summed E-state index contributed by atoms with van der Waals surface area (Å²) >= 11 is 0. The highest BCUT2D eigenvalue weighted by Gasteiger charge is 2.47. The van der Waals surface area contributed by atoms with Crippen LogP contribution < -0.4 is 4.90 Å². The lowest BCUT2D eigenvalue weighted by Gasteiger charge is -2.34. The zero-order valence-electron chi connectivity index (χ0n) is 35.0. The maximum atomic E-state index is 2.47. The van der Waals surface area contributed by atoms with Crippen LogP contribution in [-0.4, -0.2) is 9.13 Å². The molecule has 1 aliphatic carbocycles. The molecule has 0 bridgehead atoms. The Kier molecular flexibility index (Phi) is 8.13.